The molecular formula is C13H9FIN3. The normalized spacial score (nSPS) is 11.1. The Balaban J connectivity index is 2.29. The summed E-state index contributed by atoms with van der Waals surface area (Å²) in [7, 11) is 0. The highest BCUT2D eigenvalue weighted by Crippen LogP contribution is 2.22. The first-order valence-electron chi connectivity index (χ1n) is 5.41. The van der Waals surface area contributed by atoms with E-state index in [0.29, 0.717) is 0 Å². The van der Waals surface area contributed by atoms with Gasteiger partial charge in [-0.1, -0.05) is 0 Å². The predicted molar refractivity (Wildman–Crippen MR) is 76.3 cm³/mol. The fourth-order valence-electron chi connectivity index (χ4n) is 1.93. The third-order valence-corrected chi connectivity index (χ3v) is 3.75. The van der Waals surface area contributed by atoms with Crippen molar-refractivity contribution in [2.45, 2.75) is 6.92 Å². The minimum absolute atomic E-state index is 0.241. The minimum atomic E-state index is -0.241. The molecule has 0 aliphatic carbocycles. The number of benzene rings is 1. The quantitative estimate of drug-likeness (QED) is 0.628. The zero-order chi connectivity index (χ0) is 12.7. The zero-order valence-electron chi connectivity index (χ0n) is 9.56. The molecule has 0 saturated carbocycles. The van der Waals surface area contributed by atoms with Gasteiger partial charge in [-0.25, -0.2) is 14.1 Å². The maximum Gasteiger partial charge on any atom is 0.163 e. The monoisotopic (exact) mass is 353 g/mol. The molecule has 1 aromatic carbocycles. The fourth-order valence-corrected chi connectivity index (χ4v) is 2.47. The molecule has 0 saturated heterocycles. The zero-order valence-corrected chi connectivity index (χ0v) is 11.7. The lowest BCUT2D eigenvalue weighted by molar-refractivity contribution is 0.625. The van der Waals surface area contributed by atoms with Crippen LogP contribution >= 0.6 is 22.6 Å². The number of nitrogens with zero attached hydrogens (tertiary/aromatic N) is 3. The third kappa shape index (κ3) is 1.78. The van der Waals surface area contributed by atoms with Crippen LogP contribution in [0.2, 0.25) is 0 Å². The highest BCUT2D eigenvalue weighted by atomic mass is 127. The molecule has 3 rings (SSSR count). The molecule has 5 heteroatoms. The van der Waals surface area contributed by atoms with Crippen molar-refractivity contribution in [2.75, 3.05) is 0 Å². The summed E-state index contributed by atoms with van der Waals surface area (Å²) >= 11 is 2.25. The van der Waals surface area contributed by atoms with Crippen molar-refractivity contribution in [3.63, 3.8) is 0 Å². The van der Waals surface area contributed by atoms with E-state index in [1.807, 2.05) is 13.0 Å². The summed E-state index contributed by atoms with van der Waals surface area (Å²) in [5.74, 6) is -0.241. The lowest BCUT2D eigenvalue weighted by Gasteiger charge is -2.06. The minimum Gasteiger partial charge on any atom is -0.236 e. The first kappa shape index (κ1) is 11.6. The van der Waals surface area contributed by atoms with Crippen molar-refractivity contribution in [1.82, 2.24) is 14.8 Å². The Morgan fingerprint density at radius 3 is 2.89 bits per heavy atom. The van der Waals surface area contributed by atoms with Gasteiger partial charge in [0.2, 0.25) is 0 Å². The smallest absolute Gasteiger partial charge is 0.163 e. The van der Waals surface area contributed by atoms with Crippen molar-refractivity contribution in [2.24, 2.45) is 0 Å². The summed E-state index contributed by atoms with van der Waals surface area (Å²) in [5, 5.41) is 5.35. The van der Waals surface area contributed by atoms with Gasteiger partial charge in [0.15, 0.2) is 5.65 Å². The molecule has 2 aromatic heterocycles. The van der Waals surface area contributed by atoms with E-state index in [2.05, 4.69) is 32.7 Å². The number of halogens is 2. The maximum absolute atomic E-state index is 13.1. The van der Waals surface area contributed by atoms with Gasteiger partial charge in [-0.05, 0) is 59.3 Å². The second kappa shape index (κ2) is 4.31. The molecule has 0 amide bonds. The Hall–Kier alpha value is -1.50. The number of aryl methyl sites for hydroxylation is 1. The maximum atomic E-state index is 13.1. The van der Waals surface area contributed by atoms with Crippen LogP contribution in [0.5, 0.6) is 0 Å². The molecular weight excluding hydrogens is 344 g/mol. The van der Waals surface area contributed by atoms with Crippen molar-refractivity contribution >= 4 is 33.6 Å². The van der Waals surface area contributed by atoms with E-state index in [1.54, 1.807) is 23.1 Å². The van der Waals surface area contributed by atoms with Gasteiger partial charge >= 0.3 is 0 Å². The highest BCUT2D eigenvalue weighted by Gasteiger charge is 2.10. The standard InChI is InChI=1S/C13H9FIN3/c1-8-6-9(14)2-3-12(8)18-13-10(7-17-18)11(15)4-5-16-13/h2-7H,1H3. The molecule has 0 aliphatic rings. The van der Waals surface area contributed by atoms with Gasteiger partial charge in [0, 0.05) is 9.77 Å². The molecule has 0 atom stereocenters. The Bertz CT molecular complexity index is 736. The van der Waals surface area contributed by atoms with Gasteiger partial charge in [0.1, 0.15) is 5.82 Å². The first-order valence-corrected chi connectivity index (χ1v) is 6.49. The van der Waals surface area contributed by atoms with Gasteiger partial charge < -0.3 is 0 Å². The number of pyridine rings is 1. The van der Waals surface area contributed by atoms with E-state index in [9.17, 15) is 4.39 Å². The molecule has 0 N–H and O–H groups in total. The number of hydrogen-bond donors (Lipinski definition) is 0. The van der Waals surface area contributed by atoms with Gasteiger partial charge in [0.25, 0.3) is 0 Å². The third-order valence-electron chi connectivity index (χ3n) is 2.81. The van der Waals surface area contributed by atoms with Gasteiger partial charge in [0.05, 0.1) is 17.3 Å². The number of fused-ring (bicyclic) bond motifs is 1. The number of hydrogen-bond acceptors (Lipinski definition) is 2. The molecule has 90 valence electrons. The van der Waals surface area contributed by atoms with E-state index in [4.69, 9.17) is 0 Å². The van der Waals surface area contributed by atoms with E-state index >= 15 is 0 Å². The molecule has 0 spiro atoms. The van der Waals surface area contributed by atoms with Crippen molar-refractivity contribution in [3.8, 4) is 5.69 Å². The van der Waals surface area contributed by atoms with Gasteiger partial charge in [-0.2, -0.15) is 5.10 Å². The number of aromatic nitrogens is 3. The van der Waals surface area contributed by atoms with Crippen molar-refractivity contribution in [1.29, 1.82) is 0 Å². The highest BCUT2D eigenvalue weighted by molar-refractivity contribution is 14.1. The van der Waals surface area contributed by atoms with E-state index in [1.165, 1.54) is 12.1 Å². The van der Waals surface area contributed by atoms with Gasteiger partial charge in [-0.15, -0.1) is 0 Å². The topological polar surface area (TPSA) is 30.7 Å². The molecule has 3 aromatic rings. The van der Waals surface area contributed by atoms with E-state index in [0.717, 1.165) is 25.9 Å². The molecule has 0 bridgehead atoms. The second-order valence-corrected chi connectivity index (χ2v) is 5.18. The summed E-state index contributed by atoms with van der Waals surface area (Å²) in [4.78, 5) is 4.34. The number of rotatable bonds is 1. The molecule has 0 radical (unpaired) electrons. The molecule has 0 fully saturated rings. The average Bonchev–Trinajstić information content (AvgIpc) is 2.74. The lowest BCUT2D eigenvalue weighted by Crippen LogP contribution is -2.00. The summed E-state index contributed by atoms with van der Waals surface area (Å²) in [6, 6.07) is 6.59. The average molecular weight is 353 g/mol. The van der Waals surface area contributed by atoms with Crippen LogP contribution < -0.4 is 0 Å². The summed E-state index contributed by atoms with van der Waals surface area (Å²) in [6.45, 7) is 1.86. The summed E-state index contributed by atoms with van der Waals surface area (Å²) in [6.07, 6.45) is 3.54. The van der Waals surface area contributed by atoms with Crippen LogP contribution in [-0.2, 0) is 0 Å². The van der Waals surface area contributed by atoms with Crippen LogP contribution in [0.1, 0.15) is 5.56 Å². The van der Waals surface area contributed by atoms with E-state index < -0.39 is 0 Å². The Morgan fingerprint density at radius 2 is 2.11 bits per heavy atom. The molecule has 0 unspecified atom stereocenters. The van der Waals surface area contributed by atoms with Crippen LogP contribution in [0.4, 0.5) is 4.39 Å². The first-order chi connectivity index (χ1) is 8.66. The second-order valence-electron chi connectivity index (χ2n) is 4.02. The summed E-state index contributed by atoms with van der Waals surface area (Å²) < 4.78 is 16.0. The summed E-state index contributed by atoms with van der Waals surface area (Å²) in [5.41, 5.74) is 2.47. The van der Waals surface area contributed by atoms with Crippen LogP contribution in [0.15, 0.2) is 36.7 Å². The van der Waals surface area contributed by atoms with Crippen LogP contribution in [0, 0.1) is 16.3 Å². The van der Waals surface area contributed by atoms with Crippen LogP contribution in [-0.4, -0.2) is 14.8 Å². The lowest BCUT2D eigenvalue weighted by atomic mass is 10.2. The van der Waals surface area contributed by atoms with E-state index in [-0.39, 0.29) is 5.82 Å². The molecule has 0 aliphatic heterocycles. The van der Waals surface area contributed by atoms with Crippen molar-refractivity contribution < 1.29 is 4.39 Å². The largest absolute Gasteiger partial charge is 0.236 e. The van der Waals surface area contributed by atoms with Gasteiger partial charge in [-0.3, -0.25) is 0 Å². The van der Waals surface area contributed by atoms with Crippen LogP contribution in [0.25, 0.3) is 16.7 Å². The Morgan fingerprint density at radius 1 is 1.28 bits per heavy atom. The van der Waals surface area contributed by atoms with Crippen molar-refractivity contribution in [3.05, 3.63) is 51.6 Å². The molecule has 18 heavy (non-hydrogen) atoms. The Labute approximate surface area is 117 Å². The molecule has 2 heterocycles. The fraction of sp³-hybridized carbons (Fsp3) is 0.0769. The van der Waals surface area contributed by atoms with Crippen LogP contribution in [0.3, 0.4) is 0 Å². The predicted octanol–water partition coefficient (Wildman–Crippen LogP) is 3.47. The SMILES string of the molecule is Cc1cc(F)ccc1-n1ncc2c(I)ccnc21. The molecule has 3 nitrogen and oxygen atoms in total. The Kier molecular flexibility index (Phi) is 2.77.